The third kappa shape index (κ3) is 5.34. The molecule has 0 radical (unpaired) electrons. The summed E-state index contributed by atoms with van der Waals surface area (Å²) in [5.41, 5.74) is 0.441. The minimum Gasteiger partial charge on any atom is -0.495 e. The number of anilines is 1. The highest BCUT2D eigenvalue weighted by molar-refractivity contribution is 9.10. The molecule has 0 aliphatic heterocycles. The van der Waals surface area contributed by atoms with E-state index in [2.05, 4.69) is 21.2 Å². The van der Waals surface area contributed by atoms with E-state index in [4.69, 9.17) is 9.47 Å². The average molecular weight is 485 g/mol. The van der Waals surface area contributed by atoms with E-state index in [1.54, 1.807) is 24.3 Å². The second-order valence-corrected chi connectivity index (χ2v) is 9.14. The molecular weight excluding hydrogens is 464 g/mol. The molecule has 8 nitrogen and oxygen atoms in total. The number of para-hydroxylation sites is 2. The van der Waals surface area contributed by atoms with E-state index in [0.717, 1.165) is 4.31 Å². The first-order valence-corrected chi connectivity index (χ1v) is 10.7. The van der Waals surface area contributed by atoms with Crippen LogP contribution in [-0.4, -0.2) is 51.9 Å². The molecule has 0 saturated heterocycles. The largest absolute Gasteiger partial charge is 0.495 e. The van der Waals surface area contributed by atoms with Gasteiger partial charge in [-0.15, -0.1) is 0 Å². The van der Waals surface area contributed by atoms with Crippen molar-refractivity contribution in [1.29, 1.82) is 0 Å². The first-order chi connectivity index (χ1) is 13.6. The molecule has 0 aromatic heterocycles. The average Bonchev–Trinajstić information content (AvgIpc) is 2.68. The van der Waals surface area contributed by atoms with E-state index in [1.165, 1.54) is 46.3 Å². The molecule has 0 saturated carbocycles. The van der Waals surface area contributed by atoms with Crippen LogP contribution >= 0.6 is 15.9 Å². The summed E-state index contributed by atoms with van der Waals surface area (Å²) in [6.45, 7) is 1.42. The van der Waals surface area contributed by atoms with Crippen LogP contribution in [0.5, 0.6) is 5.75 Å². The number of esters is 1. The van der Waals surface area contributed by atoms with Crippen molar-refractivity contribution in [1.82, 2.24) is 4.31 Å². The molecule has 1 N–H and O–H groups in total. The summed E-state index contributed by atoms with van der Waals surface area (Å²) in [4.78, 5) is 24.7. The Bertz CT molecular complexity index is 1020. The Morgan fingerprint density at radius 3 is 2.41 bits per heavy atom. The third-order valence-corrected chi connectivity index (χ3v) is 6.75. The molecule has 0 aliphatic rings. The number of ether oxygens (including phenoxy) is 2. The maximum atomic E-state index is 12.4. The lowest BCUT2D eigenvalue weighted by Gasteiger charge is -2.16. The monoisotopic (exact) mass is 484 g/mol. The highest BCUT2D eigenvalue weighted by atomic mass is 79.9. The number of hydrogen-bond donors (Lipinski definition) is 1. The van der Waals surface area contributed by atoms with Crippen molar-refractivity contribution in [2.24, 2.45) is 0 Å². The van der Waals surface area contributed by atoms with E-state index < -0.39 is 28.0 Å². The minimum atomic E-state index is -3.77. The Kier molecular flexibility index (Phi) is 7.39. The van der Waals surface area contributed by atoms with Crippen molar-refractivity contribution in [3.05, 3.63) is 52.5 Å². The van der Waals surface area contributed by atoms with E-state index in [9.17, 15) is 18.0 Å². The Labute approximate surface area is 178 Å². The molecule has 0 bridgehead atoms. The lowest BCUT2D eigenvalue weighted by molar-refractivity contribution is -0.123. The van der Waals surface area contributed by atoms with Gasteiger partial charge in [-0.3, -0.25) is 4.79 Å². The van der Waals surface area contributed by atoms with Crippen molar-refractivity contribution in [2.75, 3.05) is 26.5 Å². The van der Waals surface area contributed by atoms with E-state index in [0.29, 0.717) is 15.9 Å². The zero-order chi connectivity index (χ0) is 21.8. The SMILES string of the molecule is COc1ccccc1NC(=O)C(C)OC(=O)c1ccc(Br)c(S(=O)(=O)N(C)C)c1. The summed E-state index contributed by atoms with van der Waals surface area (Å²) >= 11 is 3.17. The first-order valence-electron chi connectivity index (χ1n) is 8.45. The minimum absolute atomic E-state index is 0.00515. The van der Waals surface area contributed by atoms with Crippen LogP contribution in [-0.2, 0) is 19.6 Å². The number of methoxy groups -OCH3 is 1. The number of amides is 1. The van der Waals surface area contributed by atoms with Crippen LogP contribution in [0.1, 0.15) is 17.3 Å². The predicted octanol–water partition coefficient (Wildman–Crippen LogP) is 2.89. The number of carbonyl (C=O) groups excluding carboxylic acids is 2. The highest BCUT2D eigenvalue weighted by Gasteiger charge is 2.24. The molecule has 0 fully saturated rings. The van der Waals surface area contributed by atoms with Crippen LogP contribution in [0, 0.1) is 0 Å². The normalized spacial score (nSPS) is 12.3. The second-order valence-electron chi connectivity index (χ2n) is 6.17. The van der Waals surface area contributed by atoms with Gasteiger partial charge < -0.3 is 14.8 Å². The maximum absolute atomic E-state index is 12.4. The van der Waals surface area contributed by atoms with Gasteiger partial charge >= 0.3 is 5.97 Å². The molecule has 2 aromatic carbocycles. The van der Waals surface area contributed by atoms with Gasteiger partial charge in [0.25, 0.3) is 5.91 Å². The first kappa shape index (κ1) is 22.9. The molecule has 1 atom stereocenters. The Hall–Kier alpha value is -2.43. The van der Waals surface area contributed by atoms with Gasteiger partial charge in [0.1, 0.15) is 5.75 Å². The fraction of sp³-hybridized carbons (Fsp3) is 0.263. The zero-order valence-corrected chi connectivity index (χ0v) is 18.7. The number of halogens is 1. The molecule has 2 rings (SSSR count). The van der Waals surface area contributed by atoms with Crippen LogP contribution in [0.15, 0.2) is 51.8 Å². The van der Waals surface area contributed by atoms with Crippen LogP contribution < -0.4 is 10.1 Å². The molecule has 10 heteroatoms. The zero-order valence-electron chi connectivity index (χ0n) is 16.3. The smallest absolute Gasteiger partial charge is 0.338 e. The summed E-state index contributed by atoms with van der Waals surface area (Å²) in [6, 6.07) is 10.9. The Morgan fingerprint density at radius 2 is 1.79 bits per heavy atom. The quantitative estimate of drug-likeness (QED) is 0.606. The van der Waals surface area contributed by atoms with Gasteiger partial charge in [0.15, 0.2) is 6.10 Å². The van der Waals surface area contributed by atoms with Crippen LogP contribution in [0.2, 0.25) is 0 Å². The van der Waals surface area contributed by atoms with Gasteiger partial charge in [0.2, 0.25) is 10.0 Å². The number of hydrogen-bond acceptors (Lipinski definition) is 6. The van der Waals surface area contributed by atoms with E-state index in [-0.39, 0.29) is 10.5 Å². The maximum Gasteiger partial charge on any atom is 0.338 e. The number of nitrogens with zero attached hydrogens (tertiary/aromatic N) is 1. The number of nitrogens with one attached hydrogen (secondary N) is 1. The van der Waals surface area contributed by atoms with Gasteiger partial charge in [-0.1, -0.05) is 12.1 Å². The third-order valence-electron chi connectivity index (χ3n) is 3.94. The lowest BCUT2D eigenvalue weighted by atomic mass is 10.2. The Morgan fingerprint density at radius 1 is 1.14 bits per heavy atom. The standard InChI is InChI=1S/C19H21BrN2O6S/c1-12(18(23)21-15-7-5-6-8-16(15)27-4)28-19(24)13-9-10-14(20)17(11-13)29(25,26)22(2)3/h5-12H,1-4H3,(H,21,23). The van der Waals surface area contributed by atoms with Crippen LogP contribution in [0.25, 0.3) is 0 Å². The fourth-order valence-corrected chi connectivity index (χ4v) is 4.13. The second kappa shape index (κ2) is 9.38. The molecule has 29 heavy (non-hydrogen) atoms. The fourth-order valence-electron chi connectivity index (χ4n) is 2.29. The van der Waals surface area contributed by atoms with Gasteiger partial charge in [-0.05, 0) is 53.2 Å². The highest BCUT2D eigenvalue weighted by Crippen LogP contribution is 2.26. The summed E-state index contributed by atoms with van der Waals surface area (Å²) in [5, 5.41) is 2.63. The van der Waals surface area contributed by atoms with Crippen LogP contribution in [0.3, 0.4) is 0 Å². The van der Waals surface area contributed by atoms with Gasteiger partial charge in [-0.25, -0.2) is 17.5 Å². The van der Waals surface area contributed by atoms with Crippen molar-refractivity contribution in [3.63, 3.8) is 0 Å². The summed E-state index contributed by atoms with van der Waals surface area (Å²) in [7, 11) is 0.474. The van der Waals surface area contributed by atoms with Crippen molar-refractivity contribution < 1.29 is 27.5 Å². The van der Waals surface area contributed by atoms with Crippen LogP contribution in [0.4, 0.5) is 5.69 Å². The number of benzene rings is 2. The summed E-state index contributed by atoms with van der Waals surface area (Å²) < 4.78 is 36.5. The topological polar surface area (TPSA) is 102 Å². The van der Waals surface area contributed by atoms with E-state index >= 15 is 0 Å². The van der Waals surface area contributed by atoms with Gasteiger partial charge in [0, 0.05) is 18.6 Å². The Balaban J connectivity index is 2.16. The molecule has 2 aromatic rings. The molecule has 1 amide bonds. The van der Waals surface area contributed by atoms with Gasteiger partial charge in [-0.2, -0.15) is 0 Å². The van der Waals surface area contributed by atoms with E-state index in [1.807, 2.05) is 0 Å². The van der Waals surface area contributed by atoms with Crippen molar-refractivity contribution in [2.45, 2.75) is 17.9 Å². The molecule has 1 unspecified atom stereocenters. The number of carbonyl (C=O) groups is 2. The lowest BCUT2D eigenvalue weighted by Crippen LogP contribution is -2.30. The molecular formula is C19H21BrN2O6S. The molecule has 0 aliphatic carbocycles. The molecule has 156 valence electrons. The van der Waals surface area contributed by atoms with Gasteiger partial charge in [0.05, 0.1) is 23.3 Å². The molecule has 0 heterocycles. The predicted molar refractivity (Wildman–Crippen MR) is 112 cm³/mol. The molecule has 0 spiro atoms. The number of rotatable bonds is 7. The summed E-state index contributed by atoms with van der Waals surface area (Å²) in [6.07, 6.45) is -1.12. The number of sulfonamides is 1. The summed E-state index contributed by atoms with van der Waals surface area (Å²) in [5.74, 6) is -0.915. The van der Waals surface area contributed by atoms with Crippen molar-refractivity contribution in [3.8, 4) is 5.75 Å². The van der Waals surface area contributed by atoms with Crippen molar-refractivity contribution >= 4 is 43.5 Å².